The van der Waals surface area contributed by atoms with Gasteiger partial charge in [0.15, 0.2) is 0 Å². The Kier molecular flexibility index (Phi) is 5.59. The first-order valence-corrected chi connectivity index (χ1v) is 7.58. The molecule has 1 aliphatic heterocycles. The van der Waals surface area contributed by atoms with E-state index >= 15 is 0 Å². The van der Waals surface area contributed by atoms with E-state index in [1.54, 1.807) is 6.20 Å². The smallest absolute Gasteiger partial charge is 0.147 e. The first-order chi connectivity index (χ1) is 10.2. The monoisotopic (exact) mass is 291 g/mol. The predicted octanol–water partition coefficient (Wildman–Crippen LogP) is 2.26. The van der Waals surface area contributed by atoms with Crippen molar-refractivity contribution in [3.8, 4) is 0 Å². The topological polar surface area (TPSA) is 72.8 Å². The summed E-state index contributed by atoms with van der Waals surface area (Å²) in [7, 11) is 1.97. The molecule has 0 saturated carbocycles. The number of hydrogen-bond acceptors (Lipinski definition) is 3. The van der Waals surface area contributed by atoms with E-state index in [1.165, 1.54) is 0 Å². The first-order valence-electron chi connectivity index (χ1n) is 7.58. The molecule has 21 heavy (non-hydrogen) atoms. The first kappa shape index (κ1) is 15.8. The zero-order valence-electron chi connectivity index (χ0n) is 12.8. The van der Waals surface area contributed by atoms with Crippen LogP contribution in [-0.4, -0.2) is 28.2 Å². The van der Waals surface area contributed by atoms with E-state index in [0.717, 1.165) is 37.1 Å². The number of amidine groups is 1. The summed E-state index contributed by atoms with van der Waals surface area (Å²) in [6.07, 6.45) is 7.70. The molecule has 1 saturated heterocycles. The molecule has 2 unspecified atom stereocenters. The second-order valence-electron chi connectivity index (χ2n) is 5.40. The normalized spacial score (nSPS) is 23.3. The second kappa shape index (κ2) is 7.43. The maximum atomic E-state index is 9.16. The molecule has 1 aromatic heterocycles. The molecule has 0 radical (unpaired) electrons. The molecule has 0 bridgehead atoms. The Morgan fingerprint density at radius 3 is 3.00 bits per heavy atom. The van der Waals surface area contributed by atoms with Crippen LogP contribution < -0.4 is 5.73 Å². The Hall–Kier alpha value is -1.59. The van der Waals surface area contributed by atoms with E-state index in [1.807, 2.05) is 29.8 Å². The van der Waals surface area contributed by atoms with Crippen molar-refractivity contribution in [2.45, 2.75) is 44.8 Å². The SMILES string of the molecule is CCC/C=C/N=C(/N)c1ccc(C2CCC(CO)O2)n1C. The van der Waals surface area contributed by atoms with Crippen molar-refractivity contribution >= 4 is 5.84 Å². The molecule has 2 atom stereocenters. The van der Waals surface area contributed by atoms with E-state index in [2.05, 4.69) is 11.9 Å². The fourth-order valence-corrected chi connectivity index (χ4v) is 2.61. The zero-order valence-corrected chi connectivity index (χ0v) is 12.8. The van der Waals surface area contributed by atoms with Gasteiger partial charge < -0.3 is 20.1 Å². The number of aliphatic hydroxyl groups is 1. The number of hydrogen-bond donors (Lipinski definition) is 2. The summed E-state index contributed by atoms with van der Waals surface area (Å²) in [5.74, 6) is 0.507. The third-order valence-electron chi connectivity index (χ3n) is 3.84. The van der Waals surface area contributed by atoms with Gasteiger partial charge in [0.25, 0.3) is 0 Å². The van der Waals surface area contributed by atoms with E-state index in [4.69, 9.17) is 15.6 Å². The van der Waals surface area contributed by atoms with Gasteiger partial charge in [0.2, 0.25) is 0 Å². The fourth-order valence-electron chi connectivity index (χ4n) is 2.61. The molecule has 5 nitrogen and oxygen atoms in total. The van der Waals surface area contributed by atoms with Crippen molar-refractivity contribution in [1.29, 1.82) is 0 Å². The summed E-state index contributed by atoms with van der Waals surface area (Å²) in [6, 6.07) is 4.00. The van der Waals surface area contributed by atoms with E-state index < -0.39 is 0 Å². The molecule has 1 aromatic rings. The number of aliphatic hydroxyl groups excluding tert-OH is 1. The summed E-state index contributed by atoms with van der Waals surface area (Å²) in [4.78, 5) is 4.28. The Labute approximate surface area is 126 Å². The van der Waals surface area contributed by atoms with Crippen LogP contribution >= 0.6 is 0 Å². The third-order valence-corrected chi connectivity index (χ3v) is 3.84. The maximum absolute atomic E-state index is 9.16. The highest BCUT2D eigenvalue weighted by atomic mass is 16.5. The van der Waals surface area contributed by atoms with E-state index in [0.29, 0.717) is 5.84 Å². The highest BCUT2D eigenvalue weighted by Gasteiger charge is 2.28. The van der Waals surface area contributed by atoms with Crippen molar-refractivity contribution in [2.24, 2.45) is 17.8 Å². The third kappa shape index (κ3) is 3.74. The average molecular weight is 291 g/mol. The van der Waals surface area contributed by atoms with Crippen LogP contribution in [0, 0.1) is 0 Å². The lowest BCUT2D eigenvalue weighted by Gasteiger charge is -2.14. The Morgan fingerprint density at radius 2 is 2.33 bits per heavy atom. The minimum atomic E-state index is -0.0451. The van der Waals surface area contributed by atoms with E-state index in [9.17, 15) is 0 Å². The molecule has 0 amide bonds. The van der Waals surface area contributed by atoms with Crippen molar-refractivity contribution in [3.05, 3.63) is 35.8 Å². The number of aliphatic imine (C=N–C) groups is 1. The molecule has 1 aliphatic rings. The van der Waals surface area contributed by atoms with Crippen LogP contribution in [0.3, 0.4) is 0 Å². The van der Waals surface area contributed by atoms with Crippen molar-refractivity contribution in [1.82, 2.24) is 4.57 Å². The minimum absolute atomic E-state index is 0.0318. The standard InChI is InChI=1S/C16H25N3O2/c1-3-4-5-10-18-16(17)14-8-7-13(19(14)2)15-9-6-12(11-20)21-15/h5,7-8,10,12,15,20H,3-4,6,9,11H2,1-2H3,(H2,17,18)/b10-5+. The number of allylic oxidation sites excluding steroid dienone is 1. The van der Waals surface area contributed by atoms with Crippen LogP contribution in [0.5, 0.6) is 0 Å². The summed E-state index contributed by atoms with van der Waals surface area (Å²) < 4.78 is 7.84. The van der Waals surface area contributed by atoms with Gasteiger partial charge in [0, 0.05) is 18.9 Å². The molecule has 5 heteroatoms. The van der Waals surface area contributed by atoms with Crippen LogP contribution in [0.4, 0.5) is 0 Å². The van der Waals surface area contributed by atoms with Gasteiger partial charge in [-0.1, -0.05) is 19.4 Å². The molecule has 1 fully saturated rings. The number of ether oxygens (including phenoxy) is 1. The van der Waals surface area contributed by atoms with Gasteiger partial charge in [0.1, 0.15) is 5.84 Å². The largest absolute Gasteiger partial charge is 0.394 e. The average Bonchev–Trinajstić information content (AvgIpc) is 3.09. The Morgan fingerprint density at radius 1 is 1.52 bits per heavy atom. The molecular weight excluding hydrogens is 266 g/mol. The molecular formula is C16H25N3O2. The van der Waals surface area contributed by atoms with Gasteiger partial charge in [-0.2, -0.15) is 0 Å². The Balaban J connectivity index is 2.10. The lowest BCUT2D eigenvalue weighted by Crippen LogP contribution is -2.18. The summed E-state index contributed by atoms with van der Waals surface area (Å²) in [5, 5.41) is 9.16. The fraction of sp³-hybridized carbons (Fsp3) is 0.562. The molecule has 0 aromatic carbocycles. The van der Waals surface area contributed by atoms with Crippen molar-refractivity contribution in [2.75, 3.05) is 6.61 Å². The summed E-state index contributed by atoms with van der Waals surface area (Å²) >= 11 is 0. The highest BCUT2D eigenvalue weighted by Crippen LogP contribution is 2.33. The quantitative estimate of drug-likeness (QED) is 0.623. The van der Waals surface area contributed by atoms with E-state index in [-0.39, 0.29) is 18.8 Å². The lowest BCUT2D eigenvalue weighted by molar-refractivity contribution is 0.00814. The van der Waals surface area contributed by atoms with Gasteiger partial charge in [0.05, 0.1) is 24.5 Å². The van der Waals surface area contributed by atoms with Crippen LogP contribution in [-0.2, 0) is 11.8 Å². The van der Waals surface area contributed by atoms with Gasteiger partial charge in [-0.15, -0.1) is 0 Å². The minimum Gasteiger partial charge on any atom is -0.394 e. The highest BCUT2D eigenvalue weighted by molar-refractivity contribution is 5.96. The number of nitrogens with two attached hydrogens (primary N) is 1. The molecule has 2 heterocycles. The molecule has 0 aliphatic carbocycles. The number of nitrogens with zero attached hydrogens (tertiary/aromatic N) is 2. The zero-order chi connectivity index (χ0) is 15.2. The maximum Gasteiger partial charge on any atom is 0.147 e. The summed E-state index contributed by atoms with van der Waals surface area (Å²) in [5.41, 5.74) is 8.01. The van der Waals surface area contributed by atoms with Crippen molar-refractivity contribution < 1.29 is 9.84 Å². The van der Waals surface area contributed by atoms with Gasteiger partial charge in [-0.05, 0) is 31.4 Å². The van der Waals surface area contributed by atoms with Crippen molar-refractivity contribution in [3.63, 3.8) is 0 Å². The van der Waals surface area contributed by atoms with Crippen LogP contribution in [0.25, 0.3) is 0 Å². The molecule has 116 valence electrons. The van der Waals surface area contributed by atoms with Crippen LogP contribution in [0.1, 0.15) is 50.1 Å². The second-order valence-corrected chi connectivity index (χ2v) is 5.40. The number of unbranched alkanes of at least 4 members (excludes halogenated alkanes) is 1. The van der Waals surface area contributed by atoms with Crippen LogP contribution in [0.15, 0.2) is 29.4 Å². The predicted molar refractivity (Wildman–Crippen MR) is 84.1 cm³/mol. The lowest BCUT2D eigenvalue weighted by atomic mass is 10.1. The van der Waals surface area contributed by atoms with Gasteiger partial charge in [-0.25, -0.2) is 4.99 Å². The van der Waals surface area contributed by atoms with Crippen LogP contribution in [0.2, 0.25) is 0 Å². The molecule has 3 N–H and O–H groups in total. The molecule has 2 rings (SSSR count). The summed E-state index contributed by atoms with van der Waals surface area (Å²) in [6.45, 7) is 2.21. The van der Waals surface area contributed by atoms with Gasteiger partial charge >= 0.3 is 0 Å². The Bertz CT molecular complexity index is 520. The van der Waals surface area contributed by atoms with Gasteiger partial charge in [-0.3, -0.25) is 0 Å². The number of aromatic nitrogens is 1. The molecule has 0 spiro atoms. The number of rotatable bonds is 6.